The van der Waals surface area contributed by atoms with Crippen LogP contribution in [0.5, 0.6) is 0 Å². The van der Waals surface area contributed by atoms with Crippen molar-refractivity contribution >= 4 is 29.3 Å². The predicted octanol–water partition coefficient (Wildman–Crippen LogP) is 3.05. The molecule has 1 aliphatic heterocycles. The average Bonchev–Trinajstić information content (AvgIpc) is 3.20. The molecule has 6 heteroatoms. The second kappa shape index (κ2) is 6.50. The molecular formula is C17H18N2O3S. The molecule has 0 saturated carbocycles. The molecule has 0 radical (unpaired) electrons. The Morgan fingerprint density at radius 1 is 1.30 bits per heavy atom. The average molecular weight is 330 g/mol. The minimum Gasteiger partial charge on any atom is -0.472 e. The Balaban J connectivity index is 1.74. The van der Waals surface area contributed by atoms with Crippen LogP contribution in [0.2, 0.25) is 0 Å². The molecule has 0 bridgehead atoms. The number of aryl methyl sites for hydroxylation is 2. The molecule has 2 aromatic rings. The molecule has 3 rings (SSSR count). The summed E-state index contributed by atoms with van der Waals surface area (Å²) in [6.45, 7) is 3.97. The number of carbonyl (C=O) groups excluding carboxylic acids is 2. The first-order chi connectivity index (χ1) is 11.1. The summed E-state index contributed by atoms with van der Waals surface area (Å²) in [6.07, 6.45) is 2.87. The third-order valence-corrected chi connectivity index (χ3v) is 4.87. The topological polar surface area (TPSA) is 62.6 Å². The molecule has 2 amide bonds. The van der Waals surface area contributed by atoms with Gasteiger partial charge in [0.2, 0.25) is 5.91 Å². The Hall–Kier alpha value is -2.21. The van der Waals surface area contributed by atoms with Crippen molar-refractivity contribution in [3.05, 3.63) is 53.5 Å². The highest BCUT2D eigenvalue weighted by Gasteiger charge is 2.35. The van der Waals surface area contributed by atoms with Crippen LogP contribution >= 0.6 is 11.8 Å². The lowest BCUT2D eigenvalue weighted by Gasteiger charge is -2.23. The molecule has 5 nitrogen and oxygen atoms in total. The van der Waals surface area contributed by atoms with E-state index in [4.69, 9.17) is 4.42 Å². The van der Waals surface area contributed by atoms with Crippen LogP contribution in [-0.4, -0.2) is 34.4 Å². The van der Waals surface area contributed by atoms with Crippen molar-refractivity contribution in [3.8, 4) is 0 Å². The fourth-order valence-corrected chi connectivity index (χ4v) is 3.74. The Morgan fingerprint density at radius 3 is 2.83 bits per heavy atom. The molecule has 2 heterocycles. The zero-order chi connectivity index (χ0) is 16.4. The smallest absolute Gasteiger partial charge is 0.258 e. The SMILES string of the molecule is Cc1ccc(NC(=O)[C@H]2CSCN2C(=O)c2ccoc2)c(C)c1. The van der Waals surface area contributed by atoms with Crippen LogP contribution in [0.4, 0.5) is 5.69 Å². The standard InChI is InChI=1S/C17H18N2O3S/c1-11-3-4-14(12(2)7-11)18-16(20)15-9-23-10-19(15)17(21)13-5-6-22-8-13/h3-8,15H,9-10H2,1-2H3,(H,18,20)/t15-/m1/s1. The minimum atomic E-state index is -0.469. The van der Waals surface area contributed by atoms with Crippen molar-refractivity contribution in [2.24, 2.45) is 0 Å². The fourth-order valence-electron chi connectivity index (χ4n) is 2.58. The zero-order valence-corrected chi connectivity index (χ0v) is 13.9. The number of hydrogen-bond donors (Lipinski definition) is 1. The maximum absolute atomic E-state index is 12.6. The molecule has 1 atom stereocenters. The molecule has 120 valence electrons. The van der Waals surface area contributed by atoms with Crippen LogP contribution in [0.3, 0.4) is 0 Å². The molecule has 23 heavy (non-hydrogen) atoms. The summed E-state index contributed by atoms with van der Waals surface area (Å²) in [6, 6.07) is 7.02. The Kier molecular flexibility index (Phi) is 4.43. The van der Waals surface area contributed by atoms with E-state index >= 15 is 0 Å². The van der Waals surface area contributed by atoms with Gasteiger partial charge in [-0.2, -0.15) is 0 Å². The second-order valence-corrected chi connectivity index (χ2v) is 6.61. The molecule has 1 aliphatic rings. The number of benzene rings is 1. The summed E-state index contributed by atoms with van der Waals surface area (Å²) in [5.74, 6) is 0.776. The van der Waals surface area contributed by atoms with E-state index in [2.05, 4.69) is 5.32 Å². The van der Waals surface area contributed by atoms with Crippen LogP contribution in [0, 0.1) is 13.8 Å². The van der Waals surface area contributed by atoms with Crippen molar-refractivity contribution in [3.63, 3.8) is 0 Å². The van der Waals surface area contributed by atoms with Gasteiger partial charge < -0.3 is 14.6 Å². The van der Waals surface area contributed by atoms with Crippen molar-refractivity contribution in [2.75, 3.05) is 16.9 Å². The number of thioether (sulfide) groups is 1. The van der Waals surface area contributed by atoms with Gasteiger partial charge in [0.25, 0.3) is 5.91 Å². The number of furan rings is 1. The van der Waals surface area contributed by atoms with E-state index in [9.17, 15) is 9.59 Å². The molecule has 1 N–H and O–H groups in total. The predicted molar refractivity (Wildman–Crippen MR) is 90.5 cm³/mol. The summed E-state index contributed by atoms with van der Waals surface area (Å²) in [7, 11) is 0. The second-order valence-electron chi connectivity index (χ2n) is 5.61. The number of anilines is 1. The summed E-state index contributed by atoms with van der Waals surface area (Å²) >= 11 is 1.58. The van der Waals surface area contributed by atoms with Gasteiger partial charge in [0, 0.05) is 11.4 Å². The van der Waals surface area contributed by atoms with Crippen molar-refractivity contribution in [2.45, 2.75) is 19.9 Å². The molecular weight excluding hydrogens is 312 g/mol. The third-order valence-electron chi connectivity index (χ3n) is 3.85. The first-order valence-electron chi connectivity index (χ1n) is 7.35. The molecule has 1 aromatic heterocycles. The number of amides is 2. The van der Waals surface area contributed by atoms with Crippen LogP contribution in [0.1, 0.15) is 21.5 Å². The van der Waals surface area contributed by atoms with Gasteiger partial charge in [-0.15, -0.1) is 11.8 Å². The van der Waals surface area contributed by atoms with Crippen LogP contribution in [0.25, 0.3) is 0 Å². The number of nitrogens with zero attached hydrogens (tertiary/aromatic N) is 1. The molecule has 0 aliphatic carbocycles. The quantitative estimate of drug-likeness (QED) is 0.939. The van der Waals surface area contributed by atoms with E-state index in [-0.39, 0.29) is 11.8 Å². The van der Waals surface area contributed by atoms with Crippen molar-refractivity contribution in [1.29, 1.82) is 0 Å². The van der Waals surface area contributed by atoms with E-state index < -0.39 is 6.04 Å². The van der Waals surface area contributed by atoms with Gasteiger partial charge in [0.1, 0.15) is 12.3 Å². The van der Waals surface area contributed by atoms with E-state index in [1.165, 1.54) is 12.5 Å². The highest BCUT2D eigenvalue weighted by atomic mass is 32.2. The van der Waals surface area contributed by atoms with Gasteiger partial charge in [0.05, 0.1) is 17.7 Å². The van der Waals surface area contributed by atoms with Crippen LogP contribution in [0.15, 0.2) is 41.2 Å². The van der Waals surface area contributed by atoms with Crippen LogP contribution < -0.4 is 5.32 Å². The summed E-state index contributed by atoms with van der Waals surface area (Å²) in [4.78, 5) is 26.6. The molecule has 0 spiro atoms. The van der Waals surface area contributed by atoms with E-state index in [0.717, 1.165) is 16.8 Å². The fraction of sp³-hybridized carbons (Fsp3) is 0.294. The summed E-state index contributed by atoms with van der Waals surface area (Å²) < 4.78 is 4.96. The number of nitrogens with one attached hydrogen (secondary N) is 1. The van der Waals surface area contributed by atoms with Crippen LogP contribution in [-0.2, 0) is 4.79 Å². The number of carbonyl (C=O) groups is 2. The lowest BCUT2D eigenvalue weighted by atomic mass is 10.1. The van der Waals surface area contributed by atoms with Gasteiger partial charge in [0.15, 0.2) is 0 Å². The van der Waals surface area contributed by atoms with Gasteiger partial charge in [-0.1, -0.05) is 17.7 Å². The molecule has 1 fully saturated rings. The van der Waals surface area contributed by atoms with Gasteiger partial charge >= 0.3 is 0 Å². The molecule has 1 saturated heterocycles. The summed E-state index contributed by atoms with van der Waals surface area (Å²) in [5.41, 5.74) is 3.41. The number of hydrogen-bond acceptors (Lipinski definition) is 4. The minimum absolute atomic E-state index is 0.154. The first-order valence-corrected chi connectivity index (χ1v) is 8.51. The van der Waals surface area contributed by atoms with E-state index in [1.807, 2.05) is 32.0 Å². The first kappa shape index (κ1) is 15.7. The Morgan fingerprint density at radius 2 is 2.13 bits per heavy atom. The highest BCUT2D eigenvalue weighted by Crippen LogP contribution is 2.25. The zero-order valence-electron chi connectivity index (χ0n) is 13.0. The largest absolute Gasteiger partial charge is 0.472 e. The number of rotatable bonds is 3. The third kappa shape index (κ3) is 3.27. The lowest BCUT2D eigenvalue weighted by Crippen LogP contribution is -2.44. The Bertz CT molecular complexity index is 727. The van der Waals surface area contributed by atoms with Crippen molar-refractivity contribution in [1.82, 2.24) is 4.90 Å². The monoisotopic (exact) mass is 330 g/mol. The normalized spacial score (nSPS) is 17.3. The summed E-state index contributed by atoms with van der Waals surface area (Å²) in [5, 5.41) is 2.94. The van der Waals surface area contributed by atoms with Crippen molar-refractivity contribution < 1.29 is 14.0 Å². The van der Waals surface area contributed by atoms with Gasteiger partial charge in [-0.05, 0) is 31.5 Å². The van der Waals surface area contributed by atoms with E-state index in [1.54, 1.807) is 22.7 Å². The molecule has 0 unspecified atom stereocenters. The highest BCUT2D eigenvalue weighted by molar-refractivity contribution is 7.99. The van der Waals surface area contributed by atoms with Gasteiger partial charge in [-0.25, -0.2) is 0 Å². The molecule has 1 aromatic carbocycles. The Labute approximate surface area is 139 Å². The maximum Gasteiger partial charge on any atom is 0.258 e. The van der Waals surface area contributed by atoms with E-state index in [0.29, 0.717) is 17.2 Å². The van der Waals surface area contributed by atoms with Gasteiger partial charge in [-0.3, -0.25) is 9.59 Å². The lowest BCUT2D eigenvalue weighted by molar-refractivity contribution is -0.119. The maximum atomic E-state index is 12.6.